The summed E-state index contributed by atoms with van der Waals surface area (Å²) in [6.07, 6.45) is 2.12. The number of nitrogens with zero attached hydrogens (tertiary/aromatic N) is 2. The van der Waals surface area contributed by atoms with Gasteiger partial charge in [0.15, 0.2) is 0 Å². The summed E-state index contributed by atoms with van der Waals surface area (Å²) in [4.78, 5) is 15.8. The standard InChI is InChI=1S/C25H20NOP.C17H16NP/c27-25(26(21-13-5-1-6-14-21)22-15-7-2-8-16-22)28(23-17-9-3-10-18-23)24-19-11-4-12-20-24;1-18-14-8-13-17(18)19(15-9-4-2-5-10-15)16-11-6-3-7-12-16/h1-20H;2-14H,1H3. The van der Waals surface area contributed by atoms with Crippen LogP contribution in [0.2, 0.25) is 0 Å². The third-order valence-electron chi connectivity index (χ3n) is 7.61. The minimum Gasteiger partial charge on any atom is -0.350 e. The molecule has 1 heterocycles. The molecule has 0 bridgehead atoms. The summed E-state index contributed by atoms with van der Waals surface area (Å²) in [6, 6.07) is 65.8. The Kier molecular flexibility index (Phi) is 10.8. The average molecular weight is 647 g/mol. The highest BCUT2D eigenvalue weighted by Crippen LogP contribution is 2.41. The van der Waals surface area contributed by atoms with Gasteiger partial charge in [-0.2, -0.15) is 0 Å². The minimum absolute atomic E-state index is 0.0878. The van der Waals surface area contributed by atoms with E-state index in [0.717, 1.165) is 22.0 Å². The van der Waals surface area contributed by atoms with Gasteiger partial charge in [-0.3, -0.25) is 9.69 Å². The molecule has 0 saturated heterocycles. The summed E-state index contributed by atoms with van der Waals surface area (Å²) in [7, 11) is 0.443. The molecule has 0 aliphatic carbocycles. The van der Waals surface area contributed by atoms with Crippen LogP contribution in [0.25, 0.3) is 0 Å². The Labute approximate surface area is 280 Å². The van der Waals surface area contributed by atoms with Crippen LogP contribution in [0.15, 0.2) is 200 Å². The van der Waals surface area contributed by atoms with Crippen molar-refractivity contribution in [2.45, 2.75) is 0 Å². The molecule has 6 aromatic carbocycles. The monoisotopic (exact) mass is 646 g/mol. The van der Waals surface area contributed by atoms with Crippen LogP contribution in [0, 0.1) is 0 Å². The fourth-order valence-corrected chi connectivity index (χ4v) is 9.90. The molecule has 1 amide bonds. The second-order valence-corrected chi connectivity index (χ2v) is 15.0. The fourth-order valence-electron chi connectivity index (χ4n) is 5.40. The van der Waals surface area contributed by atoms with Crippen molar-refractivity contribution < 1.29 is 4.79 Å². The number of hydrogen-bond acceptors (Lipinski definition) is 1. The molecule has 0 atom stereocenters. The number of para-hydroxylation sites is 2. The number of hydrogen-bond donors (Lipinski definition) is 0. The summed E-state index contributed by atoms with van der Waals surface area (Å²) >= 11 is 0. The molecule has 0 fully saturated rings. The first-order chi connectivity index (χ1) is 23.2. The van der Waals surface area contributed by atoms with Gasteiger partial charge in [-0.25, -0.2) is 0 Å². The fraction of sp³-hybridized carbons (Fsp3) is 0.0238. The summed E-state index contributed by atoms with van der Waals surface area (Å²) in [5.74, 6) is 0. The highest BCUT2D eigenvalue weighted by molar-refractivity contribution is 7.88. The summed E-state index contributed by atoms with van der Waals surface area (Å²) in [5.41, 5.74) is 3.22. The lowest BCUT2D eigenvalue weighted by Crippen LogP contribution is -2.29. The lowest BCUT2D eigenvalue weighted by molar-refractivity contribution is 0.266. The number of carbonyl (C=O) groups is 1. The van der Waals surface area contributed by atoms with Crippen molar-refractivity contribution >= 4 is 59.5 Å². The molecule has 230 valence electrons. The van der Waals surface area contributed by atoms with Gasteiger partial charge in [0, 0.05) is 38.0 Å². The number of rotatable bonds is 8. The van der Waals surface area contributed by atoms with Crippen molar-refractivity contribution in [3.8, 4) is 0 Å². The number of amides is 1. The quantitative estimate of drug-likeness (QED) is 0.152. The van der Waals surface area contributed by atoms with Crippen molar-refractivity contribution in [3.63, 3.8) is 0 Å². The number of anilines is 2. The number of aromatic nitrogens is 1. The van der Waals surface area contributed by atoms with Crippen LogP contribution >= 0.6 is 15.8 Å². The summed E-state index contributed by atoms with van der Waals surface area (Å²) in [6.45, 7) is 0. The van der Waals surface area contributed by atoms with E-state index in [-0.39, 0.29) is 5.65 Å². The van der Waals surface area contributed by atoms with Gasteiger partial charge in [0.2, 0.25) is 0 Å². The predicted molar refractivity (Wildman–Crippen MR) is 204 cm³/mol. The zero-order valence-corrected chi connectivity index (χ0v) is 28.0. The van der Waals surface area contributed by atoms with E-state index in [1.54, 1.807) is 0 Å². The Hall–Kier alpha value is -5.07. The first-order valence-corrected chi connectivity index (χ1v) is 18.2. The second kappa shape index (κ2) is 16.0. The van der Waals surface area contributed by atoms with E-state index in [2.05, 4.69) is 90.6 Å². The van der Waals surface area contributed by atoms with E-state index in [4.69, 9.17) is 0 Å². The molecule has 1 aromatic heterocycles. The lowest BCUT2D eigenvalue weighted by Gasteiger charge is -2.28. The van der Waals surface area contributed by atoms with E-state index >= 15 is 0 Å². The number of aryl methyl sites for hydroxylation is 1. The maximum atomic E-state index is 14.0. The van der Waals surface area contributed by atoms with Gasteiger partial charge >= 0.3 is 0 Å². The van der Waals surface area contributed by atoms with E-state index in [0.29, 0.717) is 0 Å². The van der Waals surface area contributed by atoms with Crippen molar-refractivity contribution in [3.05, 3.63) is 200 Å². The van der Waals surface area contributed by atoms with Crippen molar-refractivity contribution in [2.75, 3.05) is 4.90 Å². The maximum Gasteiger partial charge on any atom is 0.261 e. The topological polar surface area (TPSA) is 25.2 Å². The van der Waals surface area contributed by atoms with Crippen LogP contribution in [0.5, 0.6) is 0 Å². The predicted octanol–water partition coefficient (Wildman–Crippen LogP) is 8.86. The van der Waals surface area contributed by atoms with E-state index in [9.17, 15) is 4.79 Å². The molecule has 0 unspecified atom stereocenters. The van der Waals surface area contributed by atoms with Gasteiger partial charge in [0.05, 0.1) is 7.92 Å². The average Bonchev–Trinajstić information content (AvgIpc) is 3.56. The Bertz CT molecular complexity index is 1750. The molecule has 0 N–H and O–H groups in total. The van der Waals surface area contributed by atoms with Crippen LogP contribution in [0.3, 0.4) is 0 Å². The Morgan fingerprint density at radius 1 is 0.447 bits per heavy atom. The van der Waals surface area contributed by atoms with Crippen LogP contribution < -0.4 is 31.6 Å². The molecule has 7 aromatic rings. The lowest BCUT2D eigenvalue weighted by atomic mass is 10.2. The van der Waals surface area contributed by atoms with Crippen molar-refractivity contribution in [1.82, 2.24) is 4.57 Å². The van der Waals surface area contributed by atoms with E-state index in [1.165, 1.54) is 16.0 Å². The van der Waals surface area contributed by atoms with Gasteiger partial charge in [-0.15, -0.1) is 0 Å². The highest BCUT2D eigenvalue weighted by Gasteiger charge is 2.29. The highest BCUT2D eigenvalue weighted by atomic mass is 31.1. The first-order valence-electron chi connectivity index (χ1n) is 15.6. The van der Waals surface area contributed by atoms with Crippen LogP contribution in [-0.2, 0) is 7.05 Å². The van der Waals surface area contributed by atoms with Crippen LogP contribution in [0.1, 0.15) is 0 Å². The zero-order chi connectivity index (χ0) is 32.3. The van der Waals surface area contributed by atoms with Gasteiger partial charge in [0.25, 0.3) is 5.65 Å². The van der Waals surface area contributed by atoms with Crippen LogP contribution in [0.4, 0.5) is 16.2 Å². The van der Waals surface area contributed by atoms with Gasteiger partial charge < -0.3 is 4.57 Å². The van der Waals surface area contributed by atoms with Crippen molar-refractivity contribution in [2.24, 2.45) is 7.05 Å². The molecule has 47 heavy (non-hydrogen) atoms. The van der Waals surface area contributed by atoms with Gasteiger partial charge in [-0.1, -0.05) is 158 Å². The first kappa shape index (κ1) is 31.9. The Morgan fingerprint density at radius 3 is 1.13 bits per heavy atom. The molecule has 0 saturated carbocycles. The number of benzene rings is 6. The molecule has 0 radical (unpaired) electrons. The molecule has 7 rings (SSSR count). The van der Waals surface area contributed by atoms with E-state index in [1.807, 2.05) is 126 Å². The third-order valence-corrected chi connectivity index (χ3v) is 12.4. The number of carbonyl (C=O) groups excluding carboxylic acids is 1. The molecule has 3 nitrogen and oxygen atoms in total. The normalized spacial score (nSPS) is 10.7. The van der Waals surface area contributed by atoms with Gasteiger partial charge in [0.1, 0.15) is 0 Å². The summed E-state index contributed by atoms with van der Waals surface area (Å²) in [5, 5.41) is 4.88. The molecule has 0 spiro atoms. The summed E-state index contributed by atoms with van der Waals surface area (Å²) < 4.78 is 2.23. The molecule has 5 heteroatoms. The maximum absolute atomic E-state index is 14.0. The van der Waals surface area contributed by atoms with Crippen LogP contribution in [-0.4, -0.2) is 10.2 Å². The van der Waals surface area contributed by atoms with E-state index < -0.39 is 15.8 Å². The molecule has 0 aliphatic heterocycles. The SMILES string of the molecule is Cn1cccc1P(c1ccccc1)c1ccccc1.O=C(N(c1ccccc1)c1ccccc1)P(c1ccccc1)c1ccccc1. The smallest absolute Gasteiger partial charge is 0.261 e. The Morgan fingerprint density at radius 2 is 0.787 bits per heavy atom. The third kappa shape index (κ3) is 7.84. The van der Waals surface area contributed by atoms with Gasteiger partial charge in [-0.05, 0) is 57.6 Å². The Balaban J connectivity index is 0.000000177. The second-order valence-electron chi connectivity index (χ2n) is 10.8. The minimum atomic E-state index is -1.21. The van der Waals surface area contributed by atoms with Crippen molar-refractivity contribution in [1.29, 1.82) is 0 Å². The molecular weight excluding hydrogens is 610 g/mol. The molecular formula is C42H36N2OP2. The largest absolute Gasteiger partial charge is 0.350 e. The molecule has 0 aliphatic rings. The zero-order valence-electron chi connectivity index (χ0n) is 26.2.